The van der Waals surface area contributed by atoms with Crippen LogP contribution in [0.25, 0.3) is 0 Å². The van der Waals surface area contributed by atoms with Gasteiger partial charge < -0.3 is 9.64 Å². The Bertz CT molecular complexity index is 507. The van der Waals surface area contributed by atoms with Crippen LogP contribution in [0.1, 0.15) is 38.2 Å². The summed E-state index contributed by atoms with van der Waals surface area (Å²) in [6.07, 6.45) is 4.36. The first-order valence-corrected chi connectivity index (χ1v) is 7.17. The molecule has 4 nitrogen and oxygen atoms in total. The summed E-state index contributed by atoms with van der Waals surface area (Å²) in [5.74, 6) is 0.612. The van der Waals surface area contributed by atoms with E-state index in [9.17, 15) is 4.79 Å². The van der Waals surface area contributed by atoms with Crippen LogP contribution in [-0.4, -0.2) is 30.0 Å². The Morgan fingerprint density at radius 3 is 3.10 bits per heavy atom. The number of hydrogen-bond acceptors (Lipinski definition) is 3. The maximum atomic E-state index is 12.2. The van der Waals surface area contributed by atoms with Crippen molar-refractivity contribution >= 4 is 5.91 Å². The lowest BCUT2D eigenvalue weighted by Crippen LogP contribution is -2.45. The molecule has 0 bridgehead atoms. The zero-order valence-electron chi connectivity index (χ0n) is 11.8. The van der Waals surface area contributed by atoms with E-state index in [0.717, 1.165) is 25.8 Å². The van der Waals surface area contributed by atoms with E-state index in [-0.39, 0.29) is 12.5 Å². The lowest BCUT2D eigenvalue weighted by molar-refractivity contribution is -0.137. The molecule has 0 aliphatic carbocycles. The minimum Gasteiger partial charge on any atom is -0.484 e. The van der Waals surface area contributed by atoms with Crippen molar-refractivity contribution in [1.82, 2.24) is 4.90 Å². The molecular formula is C16H20N2O2. The standard InChI is InChI=1S/C16H20N2O2/c1-2-14-7-3-4-9-18(14)16(19)12-20-15-8-5-6-13(10-15)11-17/h5-6,8,10,14H,2-4,7,9,12H2,1H3/t14-/m0/s1. The number of nitriles is 1. The van der Waals surface area contributed by atoms with Crippen LogP contribution in [0.4, 0.5) is 0 Å². The summed E-state index contributed by atoms with van der Waals surface area (Å²) < 4.78 is 5.51. The SMILES string of the molecule is CC[C@H]1CCCCN1C(=O)COc1cccc(C#N)c1. The Morgan fingerprint density at radius 2 is 2.35 bits per heavy atom. The van der Waals surface area contributed by atoms with Crippen LogP contribution in [0.3, 0.4) is 0 Å². The van der Waals surface area contributed by atoms with E-state index in [1.165, 1.54) is 6.42 Å². The molecule has 1 saturated heterocycles. The molecule has 1 aromatic carbocycles. The summed E-state index contributed by atoms with van der Waals surface area (Å²) in [6, 6.07) is 9.30. The fraction of sp³-hybridized carbons (Fsp3) is 0.500. The van der Waals surface area contributed by atoms with Crippen molar-refractivity contribution in [2.75, 3.05) is 13.2 Å². The molecule has 4 heteroatoms. The zero-order valence-corrected chi connectivity index (χ0v) is 11.8. The summed E-state index contributed by atoms with van der Waals surface area (Å²) in [4.78, 5) is 14.2. The predicted octanol–water partition coefficient (Wildman–Crippen LogP) is 2.73. The quantitative estimate of drug-likeness (QED) is 0.846. The molecule has 0 spiro atoms. The summed E-state index contributed by atoms with van der Waals surface area (Å²) in [5.41, 5.74) is 0.541. The van der Waals surface area contributed by atoms with Crippen LogP contribution in [0.2, 0.25) is 0 Å². The monoisotopic (exact) mass is 272 g/mol. The van der Waals surface area contributed by atoms with Gasteiger partial charge in [0.05, 0.1) is 11.6 Å². The molecule has 1 aliphatic rings. The Kier molecular flexibility index (Phi) is 5.00. The third-order valence-corrected chi connectivity index (χ3v) is 3.74. The molecule has 20 heavy (non-hydrogen) atoms. The van der Waals surface area contributed by atoms with E-state index in [2.05, 4.69) is 13.0 Å². The second kappa shape index (κ2) is 6.95. The molecule has 0 unspecified atom stereocenters. The highest BCUT2D eigenvalue weighted by Crippen LogP contribution is 2.20. The fourth-order valence-electron chi connectivity index (χ4n) is 2.64. The number of piperidine rings is 1. The summed E-state index contributed by atoms with van der Waals surface area (Å²) in [5, 5.41) is 8.83. The Labute approximate surface area is 120 Å². The lowest BCUT2D eigenvalue weighted by atomic mass is 10.00. The molecule has 1 aliphatic heterocycles. The van der Waals surface area contributed by atoms with Gasteiger partial charge in [-0.1, -0.05) is 13.0 Å². The predicted molar refractivity (Wildman–Crippen MR) is 76.3 cm³/mol. The van der Waals surface area contributed by atoms with E-state index in [1.807, 2.05) is 4.90 Å². The first kappa shape index (κ1) is 14.4. The van der Waals surface area contributed by atoms with E-state index in [0.29, 0.717) is 17.4 Å². The topological polar surface area (TPSA) is 53.3 Å². The molecule has 1 fully saturated rings. The molecule has 0 radical (unpaired) electrons. The van der Waals surface area contributed by atoms with Gasteiger partial charge in [-0.05, 0) is 43.9 Å². The van der Waals surface area contributed by atoms with Crippen LogP contribution in [0, 0.1) is 11.3 Å². The Morgan fingerprint density at radius 1 is 1.50 bits per heavy atom. The molecular weight excluding hydrogens is 252 g/mol. The Balaban J connectivity index is 1.92. The Hall–Kier alpha value is -2.02. The van der Waals surface area contributed by atoms with Crippen LogP contribution in [0.5, 0.6) is 5.75 Å². The summed E-state index contributed by atoms with van der Waals surface area (Å²) >= 11 is 0. The van der Waals surface area contributed by atoms with Gasteiger partial charge in [0.2, 0.25) is 0 Å². The van der Waals surface area contributed by atoms with Crippen molar-refractivity contribution in [2.45, 2.75) is 38.6 Å². The van der Waals surface area contributed by atoms with Crippen molar-refractivity contribution in [3.05, 3.63) is 29.8 Å². The maximum Gasteiger partial charge on any atom is 0.260 e. The van der Waals surface area contributed by atoms with Gasteiger partial charge >= 0.3 is 0 Å². The van der Waals surface area contributed by atoms with Gasteiger partial charge in [0.15, 0.2) is 6.61 Å². The number of likely N-dealkylation sites (tertiary alicyclic amines) is 1. The molecule has 1 amide bonds. The average Bonchev–Trinajstić information content (AvgIpc) is 2.52. The van der Waals surface area contributed by atoms with E-state index < -0.39 is 0 Å². The third-order valence-electron chi connectivity index (χ3n) is 3.74. The normalized spacial score (nSPS) is 18.4. The highest BCUT2D eigenvalue weighted by atomic mass is 16.5. The smallest absolute Gasteiger partial charge is 0.260 e. The van der Waals surface area contributed by atoms with Gasteiger partial charge in [-0.25, -0.2) is 0 Å². The number of nitrogens with zero attached hydrogens (tertiary/aromatic N) is 2. The number of carbonyl (C=O) groups is 1. The number of amides is 1. The second-order valence-corrected chi connectivity index (χ2v) is 5.07. The molecule has 1 aromatic rings. The average molecular weight is 272 g/mol. The van der Waals surface area contributed by atoms with Gasteiger partial charge in [0.1, 0.15) is 5.75 Å². The number of carbonyl (C=O) groups excluding carboxylic acids is 1. The number of rotatable bonds is 4. The van der Waals surface area contributed by atoms with Crippen LogP contribution >= 0.6 is 0 Å². The van der Waals surface area contributed by atoms with E-state index >= 15 is 0 Å². The highest BCUT2D eigenvalue weighted by molar-refractivity contribution is 5.78. The van der Waals surface area contributed by atoms with Gasteiger partial charge in [0.25, 0.3) is 5.91 Å². The van der Waals surface area contributed by atoms with Crippen molar-refractivity contribution < 1.29 is 9.53 Å². The highest BCUT2D eigenvalue weighted by Gasteiger charge is 2.25. The molecule has 1 heterocycles. The largest absolute Gasteiger partial charge is 0.484 e. The van der Waals surface area contributed by atoms with Crippen molar-refractivity contribution in [2.24, 2.45) is 0 Å². The van der Waals surface area contributed by atoms with Gasteiger partial charge in [0, 0.05) is 12.6 Å². The van der Waals surface area contributed by atoms with Gasteiger partial charge in [-0.3, -0.25) is 4.79 Å². The van der Waals surface area contributed by atoms with Crippen LogP contribution < -0.4 is 4.74 Å². The van der Waals surface area contributed by atoms with Gasteiger partial charge in [-0.2, -0.15) is 5.26 Å². The minimum atomic E-state index is 0.0407. The number of benzene rings is 1. The fourth-order valence-corrected chi connectivity index (χ4v) is 2.64. The van der Waals surface area contributed by atoms with Crippen LogP contribution in [-0.2, 0) is 4.79 Å². The summed E-state index contributed by atoms with van der Waals surface area (Å²) in [6.45, 7) is 3.00. The van der Waals surface area contributed by atoms with E-state index in [4.69, 9.17) is 10.00 Å². The molecule has 106 valence electrons. The molecule has 0 aromatic heterocycles. The van der Waals surface area contributed by atoms with Crippen molar-refractivity contribution in [3.8, 4) is 11.8 Å². The number of ether oxygens (including phenoxy) is 1. The first-order valence-electron chi connectivity index (χ1n) is 7.17. The molecule has 2 rings (SSSR count). The molecule has 0 saturated carbocycles. The van der Waals surface area contributed by atoms with Gasteiger partial charge in [-0.15, -0.1) is 0 Å². The van der Waals surface area contributed by atoms with Crippen molar-refractivity contribution in [1.29, 1.82) is 5.26 Å². The lowest BCUT2D eigenvalue weighted by Gasteiger charge is -2.35. The first-order chi connectivity index (χ1) is 9.74. The third kappa shape index (κ3) is 3.51. The second-order valence-electron chi connectivity index (χ2n) is 5.07. The van der Waals surface area contributed by atoms with E-state index in [1.54, 1.807) is 24.3 Å². The minimum absolute atomic E-state index is 0.0407. The molecule has 1 atom stereocenters. The maximum absolute atomic E-state index is 12.2. The molecule has 0 N–H and O–H groups in total. The van der Waals surface area contributed by atoms with Crippen molar-refractivity contribution in [3.63, 3.8) is 0 Å². The number of hydrogen-bond donors (Lipinski definition) is 0. The van der Waals surface area contributed by atoms with Crippen LogP contribution in [0.15, 0.2) is 24.3 Å². The summed E-state index contributed by atoms with van der Waals surface area (Å²) in [7, 11) is 0. The zero-order chi connectivity index (χ0) is 14.4.